The fourth-order valence-electron chi connectivity index (χ4n) is 3.81. The van der Waals surface area contributed by atoms with Crippen molar-refractivity contribution in [3.8, 4) is 11.3 Å². The Bertz CT molecular complexity index is 1240. The van der Waals surface area contributed by atoms with Crippen LogP contribution in [0, 0.1) is 13.8 Å². The van der Waals surface area contributed by atoms with Crippen LogP contribution in [0.4, 0.5) is 0 Å². The summed E-state index contributed by atoms with van der Waals surface area (Å²) in [6.45, 7) is 9.91. The Balaban J connectivity index is 1.86. The molecule has 0 saturated carbocycles. The topological polar surface area (TPSA) is 77.1 Å². The zero-order chi connectivity index (χ0) is 22.3. The van der Waals surface area contributed by atoms with Gasteiger partial charge < -0.3 is 9.32 Å². The number of nitrogens with zero attached hydrogens (tertiary/aromatic N) is 5. The van der Waals surface area contributed by atoms with E-state index in [2.05, 4.69) is 10.1 Å². The zero-order valence-electron chi connectivity index (χ0n) is 18.7. The Hall–Kier alpha value is -3.48. The largest absolute Gasteiger partial charge is 0.466 e. The van der Waals surface area contributed by atoms with Crippen LogP contribution >= 0.6 is 0 Å². The van der Waals surface area contributed by atoms with Gasteiger partial charge in [-0.3, -0.25) is 9.78 Å². The summed E-state index contributed by atoms with van der Waals surface area (Å²) in [4.78, 5) is 24.4. The molecule has 160 valence electrons. The van der Waals surface area contributed by atoms with Gasteiger partial charge in [-0.1, -0.05) is 6.07 Å². The average Bonchev–Trinajstić information content (AvgIpc) is 3.34. The first-order chi connectivity index (χ1) is 14.8. The second-order valence-electron chi connectivity index (χ2n) is 8.18. The molecule has 1 atom stereocenters. The molecule has 0 aromatic carbocycles. The number of amides is 1. The molecule has 0 bridgehead atoms. The minimum atomic E-state index is -0.133. The van der Waals surface area contributed by atoms with E-state index in [4.69, 9.17) is 9.40 Å². The molecule has 0 spiro atoms. The molecule has 0 aliphatic carbocycles. The van der Waals surface area contributed by atoms with Gasteiger partial charge in [0, 0.05) is 31.0 Å². The van der Waals surface area contributed by atoms with Crippen molar-refractivity contribution in [3.63, 3.8) is 0 Å². The van der Waals surface area contributed by atoms with Crippen molar-refractivity contribution in [1.82, 2.24) is 24.6 Å². The number of fused-ring (bicyclic) bond motifs is 1. The van der Waals surface area contributed by atoms with Crippen LogP contribution < -0.4 is 0 Å². The van der Waals surface area contributed by atoms with Gasteiger partial charge in [-0.15, -0.1) is 0 Å². The van der Waals surface area contributed by atoms with Crippen LogP contribution in [0.25, 0.3) is 22.3 Å². The Morgan fingerprint density at radius 2 is 1.94 bits per heavy atom. The van der Waals surface area contributed by atoms with Crippen molar-refractivity contribution in [2.24, 2.45) is 0 Å². The maximum atomic E-state index is 13.6. The van der Waals surface area contributed by atoms with E-state index in [0.717, 1.165) is 28.0 Å². The van der Waals surface area contributed by atoms with Crippen molar-refractivity contribution in [2.45, 2.75) is 46.7 Å². The quantitative estimate of drug-likeness (QED) is 0.451. The van der Waals surface area contributed by atoms with E-state index < -0.39 is 0 Å². The first-order valence-electron chi connectivity index (χ1n) is 10.4. The van der Waals surface area contributed by atoms with Crippen LogP contribution in [0.3, 0.4) is 0 Å². The third kappa shape index (κ3) is 3.71. The monoisotopic (exact) mass is 417 g/mol. The van der Waals surface area contributed by atoms with Gasteiger partial charge in [0.05, 0.1) is 28.9 Å². The second-order valence-corrected chi connectivity index (χ2v) is 8.18. The molecule has 0 N–H and O–H groups in total. The van der Waals surface area contributed by atoms with E-state index in [1.807, 2.05) is 70.6 Å². The molecule has 0 radical (unpaired) electrons. The highest BCUT2D eigenvalue weighted by Crippen LogP contribution is 2.31. The summed E-state index contributed by atoms with van der Waals surface area (Å²) in [5.41, 5.74) is 3.82. The Morgan fingerprint density at radius 1 is 1.16 bits per heavy atom. The molecule has 7 heteroatoms. The van der Waals surface area contributed by atoms with Crippen molar-refractivity contribution >= 4 is 16.9 Å². The summed E-state index contributed by atoms with van der Waals surface area (Å²) in [6, 6.07) is 7.64. The predicted octanol–water partition coefficient (Wildman–Crippen LogP) is 5.12. The SMILES string of the molecule is Cc1cc(-c2cc(C(=O)N(C)C(C)c3cccnc3)c3cnn(C(C)C)c3n2)c(C)o1. The van der Waals surface area contributed by atoms with Crippen LogP contribution in [0.1, 0.15) is 60.3 Å². The summed E-state index contributed by atoms with van der Waals surface area (Å²) in [5, 5.41) is 5.25. The number of aryl methyl sites for hydroxylation is 2. The minimum absolute atomic E-state index is 0.0915. The normalized spacial score (nSPS) is 12.5. The number of carbonyl (C=O) groups is 1. The third-order valence-corrected chi connectivity index (χ3v) is 5.67. The van der Waals surface area contributed by atoms with Gasteiger partial charge in [0.15, 0.2) is 5.65 Å². The highest BCUT2D eigenvalue weighted by Gasteiger charge is 2.25. The van der Waals surface area contributed by atoms with Crippen LogP contribution in [0.2, 0.25) is 0 Å². The lowest BCUT2D eigenvalue weighted by Crippen LogP contribution is -2.30. The number of pyridine rings is 2. The Kier molecular flexibility index (Phi) is 5.35. The molecule has 1 amide bonds. The molecule has 4 aromatic rings. The average molecular weight is 418 g/mol. The van der Waals surface area contributed by atoms with Gasteiger partial charge in [-0.05, 0) is 58.4 Å². The van der Waals surface area contributed by atoms with Crippen LogP contribution in [-0.4, -0.2) is 37.6 Å². The number of furan rings is 1. The molecule has 4 rings (SSSR count). The molecular weight excluding hydrogens is 390 g/mol. The fraction of sp³-hybridized carbons (Fsp3) is 0.333. The van der Waals surface area contributed by atoms with Gasteiger partial charge in [-0.2, -0.15) is 5.10 Å². The van der Waals surface area contributed by atoms with Crippen molar-refractivity contribution < 1.29 is 9.21 Å². The highest BCUT2D eigenvalue weighted by molar-refractivity contribution is 6.06. The highest BCUT2D eigenvalue weighted by atomic mass is 16.3. The van der Waals surface area contributed by atoms with E-state index in [0.29, 0.717) is 16.9 Å². The van der Waals surface area contributed by atoms with Gasteiger partial charge >= 0.3 is 0 Å². The summed E-state index contributed by atoms with van der Waals surface area (Å²) < 4.78 is 7.57. The Morgan fingerprint density at radius 3 is 2.55 bits per heavy atom. The number of aromatic nitrogens is 4. The number of rotatable bonds is 5. The lowest BCUT2D eigenvalue weighted by molar-refractivity contribution is 0.0744. The number of carbonyl (C=O) groups excluding carboxylic acids is 1. The molecule has 1 unspecified atom stereocenters. The molecule has 4 aromatic heterocycles. The number of hydrogen-bond acceptors (Lipinski definition) is 5. The van der Waals surface area contributed by atoms with Crippen molar-refractivity contribution in [1.29, 1.82) is 0 Å². The van der Waals surface area contributed by atoms with E-state index in [1.54, 1.807) is 23.5 Å². The van der Waals surface area contributed by atoms with E-state index in [-0.39, 0.29) is 18.0 Å². The van der Waals surface area contributed by atoms with Crippen molar-refractivity contribution in [2.75, 3.05) is 7.05 Å². The maximum absolute atomic E-state index is 13.6. The molecule has 7 nitrogen and oxygen atoms in total. The standard InChI is InChI=1S/C24H27N5O2/c1-14(2)29-23-21(13-26-29)20(11-22(27-23)19-10-15(3)31-17(19)5)24(30)28(6)16(4)18-8-7-9-25-12-18/h7-14,16H,1-6H3. The van der Waals surface area contributed by atoms with Gasteiger partial charge in [-0.25, -0.2) is 9.67 Å². The molecule has 31 heavy (non-hydrogen) atoms. The first kappa shape index (κ1) is 20.8. The third-order valence-electron chi connectivity index (χ3n) is 5.67. The molecule has 0 aliphatic heterocycles. The second kappa shape index (κ2) is 7.98. The van der Waals surface area contributed by atoms with Crippen LogP contribution in [0.5, 0.6) is 0 Å². The smallest absolute Gasteiger partial charge is 0.254 e. The Labute approximate surface area is 181 Å². The van der Waals surface area contributed by atoms with E-state index in [1.165, 1.54) is 0 Å². The zero-order valence-corrected chi connectivity index (χ0v) is 18.7. The molecule has 4 heterocycles. The molecule has 0 fully saturated rings. The molecular formula is C24H27N5O2. The van der Waals surface area contributed by atoms with E-state index in [9.17, 15) is 4.79 Å². The summed E-state index contributed by atoms with van der Waals surface area (Å²) in [6.07, 6.45) is 5.25. The maximum Gasteiger partial charge on any atom is 0.254 e. The van der Waals surface area contributed by atoms with Gasteiger partial charge in [0.2, 0.25) is 0 Å². The summed E-state index contributed by atoms with van der Waals surface area (Å²) in [5.74, 6) is 1.49. The van der Waals surface area contributed by atoms with E-state index >= 15 is 0 Å². The van der Waals surface area contributed by atoms with Crippen molar-refractivity contribution in [3.05, 3.63) is 65.5 Å². The van der Waals surface area contributed by atoms with Crippen LogP contribution in [0.15, 0.2) is 47.3 Å². The minimum Gasteiger partial charge on any atom is -0.466 e. The first-order valence-corrected chi connectivity index (χ1v) is 10.4. The van der Waals surface area contributed by atoms with Gasteiger partial charge in [0.1, 0.15) is 11.5 Å². The number of hydrogen-bond donors (Lipinski definition) is 0. The summed E-state index contributed by atoms with van der Waals surface area (Å²) in [7, 11) is 1.81. The fourth-order valence-corrected chi connectivity index (χ4v) is 3.81. The lowest BCUT2D eigenvalue weighted by Gasteiger charge is -2.25. The molecule has 0 aliphatic rings. The lowest BCUT2D eigenvalue weighted by atomic mass is 10.0. The molecule has 0 saturated heterocycles. The summed E-state index contributed by atoms with van der Waals surface area (Å²) >= 11 is 0. The predicted molar refractivity (Wildman–Crippen MR) is 120 cm³/mol. The van der Waals surface area contributed by atoms with Crippen LogP contribution in [-0.2, 0) is 0 Å². The van der Waals surface area contributed by atoms with Gasteiger partial charge in [0.25, 0.3) is 5.91 Å².